The zero-order valence-electron chi connectivity index (χ0n) is 17.3. The number of carbonyl (C=O) groups is 2. The lowest BCUT2D eigenvalue weighted by molar-refractivity contribution is -0.120. The molecular weight excluding hydrogens is 380 g/mol. The minimum absolute atomic E-state index is 0.0666. The summed E-state index contributed by atoms with van der Waals surface area (Å²) in [4.78, 5) is 26.7. The van der Waals surface area contributed by atoms with Gasteiger partial charge < -0.3 is 19.4 Å². The van der Waals surface area contributed by atoms with Crippen LogP contribution in [0.15, 0.2) is 71.3 Å². The number of aryl methyl sites for hydroxylation is 1. The largest absolute Gasteiger partial charge is 0.459 e. The van der Waals surface area contributed by atoms with Crippen molar-refractivity contribution in [1.29, 1.82) is 0 Å². The lowest BCUT2D eigenvalue weighted by atomic mass is 10.1. The highest BCUT2D eigenvalue weighted by Gasteiger charge is 2.20. The summed E-state index contributed by atoms with van der Waals surface area (Å²) in [6.07, 6.45) is 1.76. The third-order valence-electron chi connectivity index (χ3n) is 4.64. The van der Waals surface area contributed by atoms with Crippen molar-refractivity contribution in [3.05, 3.63) is 89.4 Å². The zero-order chi connectivity index (χ0) is 21.3. The number of nitrogens with zero attached hydrogens (tertiary/aromatic N) is 1. The van der Waals surface area contributed by atoms with Crippen molar-refractivity contribution >= 4 is 17.5 Å². The minimum Gasteiger partial charge on any atom is -0.459 e. The Kier molecular flexibility index (Phi) is 7.40. The van der Waals surface area contributed by atoms with Gasteiger partial charge in [0, 0.05) is 19.3 Å². The number of ether oxygens (including phenoxy) is 1. The van der Waals surface area contributed by atoms with Gasteiger partial charge in [-0.05, 0) is 42.3 Å². The number of methoxy groups -OCH3 is 1. The van der Waals surface area contributed by atoms with Gasteiger partial charge in [-0.3, -0.25) is 9.59 Å². The maximum Gasteiger partial charge on any atom is 0.294 e. The zero-order valence-corrected chi connectivity index (χ0v) is 17.3. The Morgan fingerprint density at radius 2 is 1.83 bits per heavy atom. The van der Waals surface area contributed by atoms with Crippen molar-refractivity contribution in [2.24, 2.45) is 0 Å². The standard InChI is InChI=1S/C24H26N2O4/c1-18-5-3-6-20(15-18)17-26(24(28)22-7-4-13-30-22)21-10-8-19(9-11-21)16-23(27)25-12-14-29-2/h3-11,13,15H,12,14,16-17H2,1-2H3,(H,25,27). The van der Waals surface area contributed by atoms with Gasteiger partial charge in [0.2, 0.25) is 5.91 Å². The van der Waals surface area contributed by atoms with Crippen LogP contribution in [0.3, 0.4) is 0 Å². The lowest BCUT2D eigenvalue weighted by Gasteiger charge is -2.22. The molecule has 0 fully saturated rings. The maximum absolute atomic E-state index is 13.1. The van der Waals surface area contributed by atoms with Gasteiger partial charge in [0.1, 0.15) is 0 Å². The molecule has 6 heteroatoms. The molecule has 30 heavy (non-hydrogen) atoms. The van der Waals surface area contributed by atoms with Crippen molar-refractivity contribution in [1.82, 2.24) is 5.32 Å². The van der Waals surface area contributed by atoms with E-state index in [1.165, 1.54) is 6.26 Å². The molecule has 156 valence electrons. The van der Waals surface area contributed by atoms with Crippen LogP contribution < -0.4 is 10.2 Å². The molecule has 0 saturated carbocycles. The van der Waals surface area contributed by atoms with Crippen LogP contribution in [0.5, 0.6) is 0 Å². The summed E-state index contributed by atoms with van der Waals surface area (Å²) in [6, 6.07) is 18.8. The van der Waals surface area contributed by atoms with Crippen molar-refractivity contribution in [3.8, 4) is 0 Å². The second-order valence-electron chi connectivity index (χ2n) is 7.04. The fourth-order valence-electron chi connectivity index (χ4n) is 3.14. The molecule has 1 N–H and O–H groups in total. The van der Waals surface area contributed by atoms with Crippen LogP contribution in [0.4, 0.5) is 5.69 Å². The van der Waals surface area contributed by atoms with Gasteiger partial charge in [-0.2, -0.15) is 0 Å². The number of benzene rings is 2. The molecule has 1 aromatic heterocycles. The van der Waals surface area contributed by atoms with Crippen molar-refractivity contribution in [2.75, 3.05) is 25.2 Å². The third kappa shape index (κ3) is 5.81. The van der Waals surface area contributed by atoms with E-state index in [0.717, 1.165) is 22.4 Å². The van der Waals surface area contributed by atoms with Gasteiger partial charge in [-0.1, -0.05) is 42.0 Å². The fraction of sp³-hybridized carbons (Fsp3) is 0.250. The molecule has 0 spiro atoms. The fourth-order valence-corrected chi connectivity index (χ4v) is 3.14. The quantitative estimate of drug-likeness (QED) is 0.550. The number of hydrogen-bond donors (Lipinski definition) is 1. The average Bonchev–Trinajstić information content (AvgIpc) is 3.27. The summed E-state index contributed by atoms with van der Waals surface area (Å²) in [7, 11) is 1.59. The first-order valence-corrected chi connectivity index (χ1v) is 9.82. The van der Waals surface area contributed by atoms with E-state index in [9.17, 15) is 9.59 Å². The molecule has 2 aromatic carbocycles. The molecule has 0 radical (unpaired) electrons. The Morgan fingerprint density at radius 3 is 2.50 bits per heavy atom. The van der Waals surface area contributed by atoms with Crippen LogP contribution in [0, 0.1) is 6.92 Å². The average molecular weight is 406 g/mol. The van der Waals surface area contributed by atoms with Crippen molar-refractivity contribution in [3.63, 3.8) is 0 Å². The van der Waals surface area contributed by atoms with E-state index in [2.05, 4.69) is 11.4 Å². The highest BCUT2D eigenvalue weighted by Crippen LogP contribution is 2.22. The predicted molar refractivity (Wildman–Crippen MR) is 115 cm³/mol. The number of anilines is 1. The molecule has 3 aromatic rings. The molecule has 0 unspecified atom stereocenters. The second kappa shape index (κ2) is 10.4. The molecule has 0 aliphatic rings. The maximum atomic E-state index is 13.1. The smallest absolute Gasteiger partial charge is 0.294 e. The van der Waals surface area contributed by atoms with Gasteiger partial charge in [0.05, 0.1) is 25.8 Å². The minimum atomic E-state index is -0.216. The summed E-state index contributed by atoms with van der Waals surface area (Å²) < 4.78 is 10.3. The molecule has 0 atom stereocenters. The lowest BCUT2D eigenvalue weighted by Crippen LogP contribution is -2.30. The van der Waals surface area contributed by atoms with E-state index < -0.39 is 0 Å². The first-order chi connectivity index (χ1) is 14.6. The molecule has 0 bridgehead atoms. The van der Waals surface area contributed by atoms with Crippen LogP contribution in [0.2, 0.25) is 0 Å². The highest BCUT2D eigenvalue weighted by molar-refractivity contribution is 6.04. The van der Waals surface area contributed by atoms with Crippen LogP contribution in [0.25, 0.3) is 0 Å². The Morgan fingerprint density at radius 1 is 1.03 bits per heavy atom. The van der Waals surface area contributed by atoms with Gasteiger partial charge in [0.15, 0.2) is 5.76 Å². The Labute approximate surface area is 176 Å². The second-order valence-corrected chi connectivity index (χ2v) is 7.04. The van der Waals surface area contributed by atoms with E-state index in [1.807, 2.05) is 49.4 Å². The monoisotopic (exact) mass is 406 g/mol. The highest BCUT2D eigenvalue weighted by atomic mass is 16.5. The molecule has 0 aliphatic heterocycles. The van der Waals surface area contributed by atoms with Crippen LogP contribution in [0.1, 0.15) is 27.2 Å². The number of hydrogen-bond acceptors (Lipinski definition) is 4. The first kappa shape index (κ1) is 21.3. The number of furan rings is 1. The first-order valence-electron chi connectivity index (χ1n) is 9.82. The van der Waals surface area contributed by atoms with Gasteiger partial charge in [0.25, 0.3) is 5.91 Å². The molecule has 3 rings (SSSR count). The summed E-state index contributed by atoms with van der Waals surface area (Å²) in [5.41, 5.74) is 3.76. The third-order valence-corrected chi connectivity index (χ3v) is 4.64. The SMILES string of the molecule is COCCNC(=O)Cc1ccc(N(Cc2cccc(C)c2)C(=O)c2ccco2)cc1. The number of carbonyl (C=O) groups excluding carboxylic acids is 2. The van der Waals surface area contributed by atoms with Gasteiger partial charge >= 0.3 is 0 Å². The number of amides is 2. The topological polar surface area (TPSA) is 71.8 Å². The Hall–Kier alpha value is -3.38. The van der Waals surface area contributed by atoms with E-state index in [4.69, 9.17) is 9.15 Å². The van der Waals surface area contributed by atoms with E-state index in [-0.39, 0.29) is 24.0 Å². The van der Waals surface area contributed by atoms with Crippen molar-refractivity contribution in [2.45, 2.75) is 19.9 Å². The van der Waals surface area contributed by atoms with Crippen LogP contribution >= 0.6 is 0 Å². The van der Waals surface area contributed by atoms with E-state index in [1.54, 1.807) is 24.1 Å². The van der Waals surface area contributed by atoms with Crippen molar-refractivity contribution < 1.29 is 18.7 Å². The Bertz CT molecular complexity index is 965. The van der Waals surface area contributed by atoms with Gasteiger partial charge in [-0.25, -0.2) is 0 Å². The van der Waals surface area contributed by atoms with Crippen LogP contribution in [-0.2, 0) is 22.5 Å². The summed E-state index contributed by atoms with van der Waals surface area (Å²) in [6.45, 7) is 3.40. The van der Waals surface area contributed by atoms with E-state index >= 15 is 0 Å². The molecular formula is C24H26N2O4. The Balaban J connectivity index is 1.77. The number of rotatable bonds is 9. The normalized spacial score (nSPS) is 10.6. The molecule has 6 nitrogen and oxygen atoms in total. The van der Waals surface area contributed by atoms with Gasteiger partial charge in [-0.15, -0.1) is 0 Å². The summed E-state index contributed by atoms with van der Waals surface area (Å²) in [5.74, 6) is -0.00102. The molecule has 0 aliphatic carbocycles. The summed E-state index contributed by atoms with van der Waals surface area (Å²) in [5, 5.41) is 2.80. The summed E-state index contributed by atoms with van der Waals surface area (Å²) >= 11 is 0. The number of nitrogens with one attached hydrogen (secondary N) is 1. The molecule has 1 heterocycles. The predicted octanol–water partition coefficient (Wildman–Crippen LogP) is 3.74. The van der Waals surface area contributed by atoms with Crippen LogP contribution in [-0.4, -0.2) is 32.1 Å². The molecule has 2 amide bonds. The molecule has 0 saturated heterocycles. The van der Waals surface area contributed by atoms with E-state index in [0.29, 0.717) is 19.7 Å².